The second-order valence-electron chi connectivity index (χ2n) is 5.56. The standard InChI is InChI=1S/C9H21B2N2Si/c1-12(2)11(13(3)4)8-9(10-8)14(5,6)7/h1-7H3. The third-order valence-electron chi connectivity index (χ3n) is 2.59. The number of nitrogens with zero attached hydrogens (tertiary/aromatic N) is 2. The van der Waals surface area contributed by atoms with Gasteiger partial charge in [-0.3, -0.25) is 0 Å². The largest absolute Gasteiger partial charge is 0.331 e. The van der Waals surface area contributed by atoms with Crippen molar-refractivity contribution in [2.75, 3.05) is 28.2 Å². The van der Waals surface area contributed by atoms with Gasteiger partial charge in [0, 0.05) is 0 Å². The SMILES string of the molecule is CN(C)B(C1=C([Si](C)(C)C)[B]1)N(C)C. The van der Waals surface area contributed by atoms with Gasteiger partial charge in [-0.2, -0.15) is 0 Å². The summed E-state index contributed by atoms with van der Waals surface area (Å²) >= 11 is 0. The van der Waals surface area contributed by atoms with Crippen molar-refractivity contribution in [3.05, 3.63) is 10.5 Å². The first kappa shape index (κ1) is 12.1. The summed E-state index contributed by atoms with van der Waals surface area (Å²) in [5.41, 5.74) is 0. The molecule has 0 atom stereocenters. The first-order valence-corrected chi connectivity index (χ1v) is 8.67. The van der Waals surface area contributed by atoms with Gasteiger partial charge in [0.2, 0.25) is 0 Å². The maximum atomic E-state index is 2.41. The third kappa shape index (κ3) is 2.52. The van der Waals surface area contributed by atoms with E-state index in [0.717, 1.165) is 0 Å². The van der Waals surface area contributed by atoms with E-state index in [1.165, 1.54) is 0 Å². The molecule has 77 valence electrons. The zero-order valence-corrected chi connectivity index (χ0v) is 11.5. The van der Waals surface area contributed by atoms with Gasteiger partial charge in [0.1, 0.15) is 0 Å². The molecule has 0 amide bonds. The highest BCUT2D eigenvalue weighted by molar-refractivity contribution is 7.08. The number of rotatable bonds is 4. The Morgan fingerprint density at radius 2 is 1.43 bits per heavy atom. The topological polar surface area (TPSA) is 6.48 Å². The molecule has 0 aromatic rings. The normalized spacial score (nSPS) is 16.4. The van der Waals surface area contributed by atoms with Crippen LogP contribution in [0.4, 0.5) is 0 Å². The fourth-order valence-electron chi connectivity index (χ4n) is 2.00. The smallest absolute Gasteiger partial charge is 0.330 e. The van der Waals surface area contributed by atoms with E-state index < -0.39 is 8.07 Å². The van der Waals surface area contributed by atoms with Crippen molar-refractivity contribution in [3.63, 3.8) is 0 Å². The fourth-order valence-corrected chi connectivity index (χ4v) is 3.58. The van der Waals surface area contributed by atoms with Crippen LogP contribution in [0, 0.1) is 0 Å². The Hall–Kier alpha value is 0.00675. The molecule has 0 spiro atoms. The molecule has 0 aromatic heterocycles. The maximum Gasteiger partial charge on any atom is 0.330 e. The molecule has 1 aliphatic heterocycles. The van der Waals surface area contributed by atoms with Gasteiger partial charge in [0.05, 0.1) is 8.07 Å². The summed E-state index contributed by atoms with van der Waals surface area (Å²) in [7, 11) is 9.89. The van der Waals surface area contributed by atoms with Crippen molar-refractivity contribution in [3.8, 4) is 0 Å². The van der Waals surface area contributed by atoms with Crippen LogP contribution in [-0.2, 0) is 0 Å². The van der Waals surface area contributed by atoms with E-state index in [2.05, 4.69) is 64.7 Å². The lowest BCUT2D eigenvalue weighted by Gasteiger charge is -2.25. The fraction of sp³-hybridized carbons (Fsp3) is 0.778. The summed E-state index contributed by atoms with van der Waals surface area (Å²) in [6.07, 6.45) is 0. The lowest BCUT2D eigenvalue weighted by atomic mass is 9.61. The molecule has 0 aromatic carbocycles. The Kier molecular flexibility index (Phi) is 3.34. The highest BCUT2D eigenvalue weighted by Crippen LogP contribution is 2.32. The number of hydrogen-bond donors (Lipinski definition) is 0. The summed E-state index contributed by atoms with van der Waals surface area (Å²) in [5, 5.41) is 3.21. The van der Waals surface area contributed by atoms with Crippen molar-refractivity contribution in [1.29, 1.82) is 0 Å². The maximum absolute atomic E-state index is 2.41. The van der Waals surface area contributed by atoms with Crippen LogP contribution in [0.5, 0.6) is 0 Å². The van der Waals surface area contributed by atoms with Crippen LogP contribution in [0.1, 0.15) is 0 Å². The van der Waals surface area contributed by atoms with E-state index in [1.807, 2.05) is 0 Å². The molecular weight excluding hydrogens is 186 g/mol. The van der Waals surface area contributed by atoms with Crippen molar-refractivity contribution in [1.82, 2.24) is 9.62 Å². The zero-order chi connectivity index (χ0) is 11.1. The molecule has 0 N–H and O–H groups in total. The summed E-state index contributed by atoms with van der Waals surface area (Å²) in [5.74, 6) is 0. The Morgan fingerprint density at radius 3 is 1.64 bits per heavy atom. The summed E-state index contributed by atoms with van der Waals surface area (Å²) in [6.45, 7) is 7.70. The lowest BCUT2D eigenvalue weighted by Crippen LogP contribution is -2.46. The summed E-state index contributed by atoms with van der Waals surface area (Å²) < 4.78 is 0. The van der Waals surface area contributed by atoms with Crippen LogP contribution in [0.2, 0.25) is 19.6 Å². The highest BCUT2D eigenvalue weighted by Gasteiger charge is 2.41. The van der Waals surface area contributed by atoms with E-state index in [0.29, 0.717) is 6.98 Å². The molecular formula is C9H21B2N2Si. The lowest BCUT2D eigenvalue weighted by molar-refractivity contribution is 0.529. The zero-order valence-electron chi connectivity index (χ0n) is 10.5. The van der Waals surface area contributed by atoms with Crippen LogP contribution in [0.3, 0.4) is 0 Å². The van der Waals surface area contributed by atoms with Crippen molar-refractivity contribution < 1.29 is 0 Å². The average Bonchev–Trinajstić information content (AvgIpc) is 2.63. The molecule has 1 radical (unpaired) electrons. The third-order valence-corrected chi connectivity index (χ3v) is 4.64. The quantitative estimate of drug-likeness (QED) is 0.633. The molecule has 2 nitrogen and oxygen atoms in total. The van der Waals surface area contributed by atoms with Gasteiger partial charge in [0.15, 0.2) is 7.28 Å². The van der Waals surface area contributed by atoms with E-state index in [9.17, 15) is 0 Å². The predicted octanol–water partition coefficient (Wildman–Crippen LogP) is 0.944. The van der Waals surface area contributed by atoms with Crippen molar-refractivity contribution in [2.24, 2.45) is 0 Å². The molecule has 1 heterocycles. The molecule has 0 bridgehead atoms. The first-order valence-electron chi connectivity index (χ1n) is 5.17. The highest BCUT2D eigenvalue weighted by atomic mass is 28.3. The number of hydrogen-bond acceptors (Lipinski definition) is 2. The van der Waals surface area contributed by atoms with Crippen LogP contribution in [-0.4, -0.2) is 60.1 Å². The van der Waals surface area contributed by atoms with Gasteiger partial charge in [-0.1, -0.05) is 19.6 Å². The molecule has 1 rings (SSSR count). The van der Waals surface area contributed by atoms with Crippen molar-refractivity contribution in [2.45, 2.75) is 19.6 Å². The molecule has 0 saturated heterocycles. The van der Waals surface area contributed by atoms with Crippen LogP contribution in [0.15, 0.2) is 10.5 Å². The molecule has 0 aliphatic carbocycles. The Balaban J connectivity index is 2.80. The van der Waals surface area contributed by atoms with E-state index >= 15 is 0 Å². The second kappa shape index (κ2) is 3.87. The monoisotopic (exact) mass is 207 g/mol. The van der Waals surface area contributed by atoms with Gasteiger partial charge < -0.3 is 9.62 Å². The summed E-state index contributed by atoms with van der Waals surface area (Å²) in [4.78, 5) is 4.55. The molecule has 14 heavy (non-hydrogen) atoms. The minimum atomic E-state index is -1.07. The van der Waals surface area contributed by atoms with Crippen LogP contribution >= 0.6 is 0 Å². The van der Waals surface area contributed by atoms with Crippen LogP contribution in [0.25, 0.3) is 0 Å². The van der Waals surface area contributed by atoms with Crippen molar-refractivity contribution >= 4 is 22.3 Å². The van der Waals surface area contributed by atoms with E-state index in [-0.39, 0.29) is 0 Å². The Morgan fingerprint density at radius 1 is 1.00 bits per heavy atom. The average molecular weight is 207 g/mol. The second-order valence-corrected chi connectivity index (χ2v) is 10.6. The van der Waals surface area contributed by atoms with E-state index in [1.54, 1.807) is 10.5 Å². The molecule has 0 unspecified atom stereocenters. The van der Waals surface area contributed by atoms with Gasteiger partial charge >= 0.3 is 6.98 Å². The Bertz CT molecular complexity index is 248. The van der Waals surface area contributed by atoms with E-state index in [4.69, 9.17) is 0 Å². The van der Waals surface area contributed by atoms with Gasteiger partial charge in [-0.05, 0) is 28.2 Å². The molecule has 5 heteroatoms. The minimum Gasteiger partial charge on any atom is -0.331 e. The minimum absolute atomic E-state index is 0.469. The predicted molar refractivity (Wildman–Crippen MR) is 69.3 cm³/mol. The van der Waals surface area contributed by atoms with Crippen LogP contribution < -0.4 is 0 Å². The first-order chi connectivity index (χ1) is 6.25. The van der Waals surface area contributed by atoms with Gasteiger partial charge in [0.25, 0.3) is 0 Å². The summed E-state index contributed by atoms with van der Waals surface area (Å²) in [6, 6.07) is 0. The molecule has 0 fully saturated rings. The van der Waals surface area contributed by atoms with Gasteiger partial charge in [-0.15, -0.1) is 10.5 Å². The Labute approximate surface area is 90.7 Å². The molecule has 0 saturated carbocycles. The van der Waals surface area contributed by atoms with Gasteiger partial charge in [-0.25, -0.2) is 0 Å². The molecule has 1 aliphatic rings.